The summed E-state index contributed by atoms with van der Waals surface area (Å²) >= 11 is 0. The van der Waals surface area contributed by atoms with Crippen molar-refractivity contribution in [3.8, 4) is 0 Å². The average molecular weight is 213 g/mol. The predicted molar refractivity (Wildman–Crippen MR) is 49.0 cm³/mol. The summed E-state index contributed by atoms with van der Waals surface area (Å²) in [5, 5.41) is 0. The van der Waals surface area contributed by atoms with E-state index in [4.69, 9.17) is 5.73 Å². The topological polar surface area (TPSA) is 51.8 Å². The second-order valence-corrected chi connectivity index (χ2v) is 3.00. The Morgan fingerprint density at radius 2 is 1.87 bits per heavy atom. The molecule has 1 aromatic carbocycles. The van der Waals surface area contributed by atoms with Crippen molar-refractivity contribution in [3.05, 3.63) is 30.1 Å². The maximum atomic E-state index is 12.3. The molecule has 0 aliphatic rings. The summed E-state index contributed by atoms with van der Waals surface area (Å²) in [4.78, 5) is 7.09. The van der Waals surface area contributed by atoms with Crippen molar-refractivity contribution in [2.24, 2.45) is 0 Å². The van der Waals surface area contributed by atoms with Gasteiger partial charge in [-0.25, -0.2) is 4.98 Å². The van der Waals surface area contributed by atoms with E-state index in [-0.39, 0.29) is 5.52 Å². The first-order valence-electron chi connectivity index (χ1n) is 4.06. The molecular formula is C9H6F3N3. The SMILES string of the molecule is Nc1ccc2ncc(C(F)(F)F)nc2c1. The Hall–Kier alpha value is -1.85. The van der Waals surface area contributed by atoms with Gasteiger partial charge in [0.25, 0.3) is 0 Å². The van der Waals surface area contributed by atoms with E-state index in [1.54, 1.807) is 6.07 Å². The Morgan fingerprint density at radius 3 is 2.53 bits per heavy atom. The van der Waals surface area contributed by atoms with Crippen LogP contribution in [-0.4, -0.2) is 9.97 Å². The molecule has 15 heavy (non-hydrogen) atoms. The lowest BCUT2D eigenvalue weighted by Crippen LogP contribution is -2.08. The van der Waals surface area contributed by atoms with Crippen LogP contribution in [0.15, 0.2) is 24.4 Å². The molecule has 3 nitrogen and oxygen atoms in total. The van der Waals surface area contributed by atoms with Crippen molar-refractivity contribution in [1.82, 2.24) is 9.97 Å². The molecule has 1 heterocycles. The number of anilines is 1. The van der Waals surface area contributed by atoms with Crippen LogP contribution < -0.4 is 5.73 Å². The second kappa shape index (κ2) is 3.08. The first kappa shape index (κ1) is 9.70. The summed E-state index contributed by atoms with van der Waals surface area (Å²) in [5.74, 6) is 0. The van der Waals surface area contributed by atoms with Gasteiger partial charge in [0.1, 0.15) is 0 Å². The Bertz CT molecular complexity index is 507. The largest absolute Gasteiger partial charge is 0.434 e. The molecule has 0 unspecified atom stereocenters. The van der Waals surface area contributed by atoms with Crippen LogP contribution in [0.4, 0.5) is 18.9 Å². The highest BCUT2D eigenvalue weighted by Crippen LogP contribution is 2.28. The molecule has 0 fully saturated rings. The van der Waals surface area contributed by atoms with Crippen molar-refractivity contribution in [2.75, 3.05) is 5.73 Å². The maximum Gasteiger partial charge on any atom is 0.434 e. The molecule has 0 amide bonds. The molecule has 0 aliphatic carbocycles. The second-order valence-electron chi connectivity index (χ2n) is 3.00. The van der Waals surface area contributed by atoms with Gasteiger partial charge < -0.3 is 5.73 Å². The summed E-state index contributed by atoms with van der Waals surface area (Å²) in [6.07, 6.45) is -3.77. The van der Waals surface area contributed by atoms with Crippen molar-refractivity contribution in [1.29, 1.82) is 0 Å². The lowest BCUT2D eigenvalue weighted by atomic mass is 10.2. The van der Waals surface area contributed by atoms with Crippen molar-refractivity contribution >= 4 is 16.7 Å². The molecule has 2 N–H and O–H groups in total. The molecule has 0 aliphatic heterocycles. The third kappa shape index (κ3) is 1.83. The van der Waals surface area contributed by atoms with Crippen molar-refractivity contribution in [2.45, 2.75) is 6.18 Å². The number of alkyl halides is 3. The highest BCUT2D eigenvalue weighted by atomic mass is 19.4. The zero-order valence-electron chi connectivity index (χ0n) is 7.42. The first-order valence-corrected chi connectivity index (χ1v) is 4.06. The number of nitrogen functional groups attached to an aromatic ring is 1. The molecule has 0 radical (unpaired) electrons. The summed E-state index contributed by atoms with van der Waals surface area (Å²) < 4.78 is 36.8. The van der Waals surface area contributed by atoms with Gasteiger partial charge in [-0.3, -0.25) is 4.98 Å². The fourth-order valence-electron chi connectivity index (χ4n) is 1.17. The molecule has 6 heteroatoms. The van der Waals surface area contributed by atoms with E-state index in [1.165, 1.54) is 12.1 Å². The van der Waals surface area contributed by atoms with E-state index in [0.29, 0.717) is 17.4 Å². The molecule has 0 saturated carbocycles. The third-order valence-corrected chi connectivity index (χ3v) is 1.86. The van der Waals surface area contributed by atoms with Crippen molar-refractivity contribution in [3.63, 3.8) is 0 Å². The van der Waals surface area contributed by atoms with Gasteiger partial charge in [-0.1, -0.05) is 0 Å². The van der Waals surface area contributed by atoms with Crippen LogP contribution in [0.2, 0.25) is 0 Å². The van der Waals surface area contributed by atoms with E-state index >= 15 is 0 Å². The monoisotopic (exact) mass is 213 g/mol. The fraction of sp³-hybridized carbons (Fsp3) is 0.111. The van der Waals surface area contributed by atoms with Gasteiger partial charge in [0.05, 0.1) is 17.2 Å². The summed E-state index contributed by atoms with van der Waals surface area (Å²) in [6, 6.07) is 4.44. The normalized spacial score (nSPS) is 11.9. The summed E-state index contributed by atoms with van der Waals surface area (Å²) in [6.45, 7) is 0. The van der Waals surface area contributed by atoms with E-state index in [0.717, 1.165) is 0 Å². The van der Waals surface area contributed by atoms with Gasteiger partial charge in [-0.05, 0) is 18.2 Å². The smallest absolute Gasteiger partial charge is 0.399 e. The van der Waals surface area contributed by atoms with Gasteiger partial charge in [0, 0.05) is 5.69 Å². The van der Waals surface area contributed by atoms with Gasteiger partial charge in [0.15, 0.2) is 5.69 Å². The van der Waals surface area contributed by atoms with Crippen molar-refractivity contribution < 1.29 is 13.2 Å². The molecule has 0 spiro atoms. The van der Waals surface area contributed by atoms with Gasteiger partial charge >= 0.3 is 6.18 Å². The predicted octanol–water partition coefficient (Wildman–Crippen LogP) is 2.23. The standard InChI is InChI=1S/C9H6F3N3/c10-9(11,12)8-4-14-6-2-1-5(13)3-7(6)15-8/h1-4H,13H2. The number of fused-ring (bicyclic) bond motifs is 1. The molecule has 1 aromatic heterocycles. The molecular weight excluding hydrogens is 207 g/mol. The van der Waals surface area contributed by atoms with Crippen LogP contribution >= 0.6 is 0 Å². The van der Waals surface area contributed by atoms with Crippen LogP contribution in [-0.2, 0) is 6.18 Å². The Balaban J connectivity index is 2.64. The third-order valence-electron chi connectivity index (χ3n) is 1.86. The van der Waals surface area contributed by atoms with E-state index < -0.39 is 11.9 Å². The Kier molecular flexibility index (Phi) is 1.99. The minimum atomic E-state index is -4.48. The number of halogens is 3. The quantitative estimate of drug-likeness (QED) is 0.682. The molecule has 2 aromatic rings. The van der Waals surface area contributed by atoms with Gasteiger partial charge in [-0.2, -0.15) is 13.2 Å². The minimum Gasteiger partial charge on any atom is -0.399 e. The highest BCUT2D eigenvalue weighted by Gasteiger charge is 2.33. The van der Waals surface area contributed by atoms with Crippen LogP contribution in [0.3, 0.4) is 0 Å². The molecule has 0 atom stereocenters. The average Bonchev–Trinajstić information content (AvgIpc) is 2.15. The van der Waals surface area contributed by atoms with Crippen LogP contribution in [0.25, 0.3) is 11.0 Å². The lowest BCUT2D eigenvalue weighted by molar-refractivity contribution is -0.141. The lowest BCUT2D eigenvalue weighted by Gasteiger charge is -2.05. The number of rotatable bonds is 0. The van der Waals surface area contributed by atoms with Gasteiger partial charge in [0.2, 0.25) is 0 Å². The number of nitrogens with zero attached hydrogens (tertiary/aromatic N) is 2. The van der Waals surface area contributed by atoms with E-state index in [1.807, 2.05) is 0 Å². The highest BCUT2D eigenvalue weighted by molar-refractivity contribution is 5.77. The summed E-state index contributed by atoms with van der Waals surface area (Å²) in [5.41, 5.74) is 5.31. The number of benzene rings is 1. The number of nitrogens with two attached hydrogens (primary N) is 1. The minimum absolute atomic E-state index is 0.143. The zero-order chi connectivity index (χ0) is 11.1. The molecule has 78 valence electrons. The van der Waals surface area contributed by atoms with Crippen LogP contribution in [0.1, 0.15) is 5.69 Å². The van der Waals surface area contributed by atoms with E-state index in [9.17, 15) is 13.2 Å². The molecule has 2 rings (SSSR count). The van der Waals surface area contributed by atoms with Crippen LogP contribution in [0, 0.1) is 0 Å². The summed E-state index contributed by atoms with van der Waals surface area (Å²) in [7, 11) is 0. The number of hydrogen-bond donors (Lipinski definition) is 1. The molecule has 0 saturated heterocycles. The number of aromatic nitrogens is 2. The first-order chi connectivity index (χ1) is 6.97. The maximum absolute atomic E-state index is 12.3. The Labute approximate surface area is 82.8 Å². The molecule has 0 bridgehead atoms. The fourth-order valence-corrected chi connectivity index (χ4v) is 1.17. The zero-order valence-corrected chi connectivity index (χ0v) is 7.42. The Morgan fingerprint density at radius 1 is 1.13 bits per heavy atom. The van der Waals surface area contributed by atoms with Crippen LogP contribution in [0.5, 0.6) is 0 Å². The van der Waals surface area contributed by atoms with E-state index in [2.05, 4.69) is 9.97 Å². The van der Waals surface area contributed by atoms with Gasteiger partial charge in [-0.15, -0.1) is 0 Å². The number of hydrogen-bond acceptors (Lipinski definition) is 3.